The molecule has 3 heterocycles. The highest BCUT2D eigenvalue weighted by atomic mass is 16.5. The monoisotopic (exact) mass is 495 g/mol. The van der Waals surface area contributed by atoms with Gasteiger partial charge in [-0.1, -0.05) is 24.3 Å². The highest BCUT2D eigenvalue weighted by Gasteiger charge is 2.14. The lowest BCUT2D eigenvalue weighted by Gasteiger charge is -2.11. The van der Waals surface area contributed by atoms with Crippen LogP contribution in [0.4, 0.5) is 5.82 Å². The molecule has 0 saturated heterocycles. The molecule has 188 valence electrons. The van der Waals surface area contributed by atoms with Gasteiger partial charge in [-0.2, -0.15) is 5.10 Å². The van der Waals surface area contributed by atoms with E-state index in [1.807, 2.05) is 53.7 Å². The van der Waals surface area contributed by atoms with Crippen LogP contribution in [0.15, 0.2) is 67.3 Å². The normalized spacial score (nSPS) is 11.1. The van der Waals surface area contributed by atoms with Gasteiger partial charge in [-0.25, -0.2) is 9.97 Å². The first-order valence-electron chi connectivity index (χ1n) is 12.0. The summed E-state index contributed by atoms with van der Waals surface area (Å²) in [5, 5.41) is 8.97. The largest absolute Gasteiger partial charge is 0.496 e. The molecule has 3 N–H and O–H groups in total. The predicted molar refractivity (Wildman–Crippen MR) is 142 cm³/mol. The summed E-state index contributed by atoms with van der Waals surface area (Å²) in [7, 11) is 1.59. The third-order valence-electron chi connectivity index (χ3n) is 6.28. The van der Waals surface area contributed by atoms with Crippen molar-refractivity contribution in [1.29, 1.82) is 0 Å². The van der Waals surface area contributed by atoms with E-state index in [4.69, 9.17) is 10.5 Å². The van der Waals surface area contributed by atoms with Crippen molar-refractivity contribution < 1.29 is 9.53 Å². The van der Waals surface area contributed by atoms with Crippen LogP contribution in [0.1, 0.15) is 38.6 Å². The number of imidazole rings is 1. The van der Waals surface area contributed by atoms with Crippen LogP contribution in [-0.2, 0) is 19.6 Å². The maximum Gasteiger partial charge on any atom is 0.271 e. The molecule has 9 nitrogen and oxygen atoms in total. The number of amides is 1. The number of nitrogen functional groups attached to an aromatic ring is 1. The maximum atomic E-state index is 12.9. The molecule has 0 saturated carbocycles. The van der Waals surface area contributed by atoms with Gasteiger partial charge in [-0.3, -0.25) is 9.48 Å². The Balaban J connectivity index is 1.24. The number of nitrogens with two attached hydrogens (primary N) is 1. The standard InChI is InChI=1S/C28H29N7O2/c1-18-12-32-35(14-18)16-21-6-4-20(5-7-21)15-34-17-24(33-19(34)2)28(36)31-13-22-10-23-8-9-30-27(29)26(23)25(11-22)37-3/h4-12,14,17H,13,15-16H2,1-3H3,(H2,29,30)(H,31,36). The Bertz CT molecular complexity index is 1570. The second-order valence-electron chi connectivity index (χ2n) is 9.11. The summed E-state index contributed by atoms with van der Waals surface area (Å²) in [5.41, 5.74) is 10.7. The summed E-state index contributed by atoms with van der Waals surface area (Å²) in [6, 6.07) is 14.1. The van der Waals surface area contributed by atoms with E-state index in [0.29, 0.717) is 30.4 Å². The lowest BCUT2D eigenvalue weighted by molar-refractivity contribution is 0.0946. The number of nitrogens with zero attached hydrogens (tertiary/aromatic N) is 5. The second-order valence-corrected chi connectivity index (χ2v) is 9.11. The summed E-state index contributed by atoms with van der Waals surface area (Å²) >= 11 is 0. The van der Waals surface area contributed by atoms with Crippen molar-refractivity contribution in [3.8, 4) is 5.75 Å². The molecule has 0 unspecified atom stereocenters. The van der Waals surface area contributed by atoms with Gasteiger partial charge in [0, 0.05) is 31.7 Å². The Morgan fingerprint density at radius 2 is 1.78 bits per heavy atom. The Hall–Kier alpha value is -4.66. The lowest BCUT2D eigenvalue weighted by Crippen LogP contribution is -2.23. The van der Waals surface area contributed by atoms with Gasteiger partial charge in [0.1, 0.15) is 23.1 Å². The van der Waals surface area contributed by atoms with Crippen LogP contribution in [0.3, 0.4) is 0 Å². The second kappa shape index (κ2) is 10.1. The van der Waals surface area contributed by atoms with Gasteiger partial charge in [-0.15, -0.1) is 0 Å². The first kappa shape index (κ1) is 24.1. The van der Waals surface area contributed by atoms with Crippen LogP contribution >= 0.6 is 0 Å². The number of hydrogen-bond acceptors (Lipinski definition) is 6. The van der Waals surface area contributed by atoms with Crippen LogP contribution in [0.2, 0.25) is 0 Å². The molecule has 0 atom stereocenters. The zero-order valence-corrected chi connectivity index (χ0v) is 21.1. The van der Waals surface area contributed by atoms with Crippen molar-refractivity contribution in [3.63, 3.8) is 0 Å². The van der Waals surface area contributed by atoms with E-state index in [0.717, 1.165) is 39.8 Å². The summed E-state index contributed by atoms with van der Waals surface area (Å²) in [4.78, 5) is 21.5. The number of pyridine rings is 1. The fraction of sp³-hybridized carbons (Fsp3) is 0.214. The topological polar surface area (TPSA) is 113 Å². The van der Waals surface area contributed by atoms with E-state index in [9.17, 15) is 4.79 Å². The van der Waals surface area contributed by atoms with Crippen LogP contribution in [0, 0.1) is 13.8 Å². The number of ether oxygens (including phenoxy) is 1. The molecule has 0 aliphatic heterocycles. The Morgan fingerprint density at radius 3 is 2.49 bits per heavy atom. The van der Waals surface area contributed by atoms with Gasteiger partial charge in [0.2, 0.25) is 0 Å². The number of fused-ring (bicyclic) bond motifs is 1. The molecule has 0 radical (unpaired) electrons. The van der Waals surface area contributed by atoms with E-state index in [-0.39, 0.29) is 5.91 Å². The van der Waals surface area contributed by atoms with Crippen molar-refractivity contribution in [1.82, 2.24) is 29.6 Å². The van der Waals surface area contributed by atoms with Crippen LogP contribution in [0.5, 0.6) is 5.75 Å². The molecular weight excluding hydrogens is 466 g/mol. The fourth-order valence-corrected chi connectivity index (χ4v) is 4.37. The van der Waals surface area contributed by atoms with Crippen molar-refractivity contribution in [3.05, 3.63) is 101 Å². The van der Waals surface area contributed by atoms with Crippen LogP contribution in [-0.4, -0.2) is 37.3 Å². The number of aromatic nitrogens is 5. The number of carbonyl (C=O) groups is 1. The first-order valence-corrected chi connectivity index (χ1v) is 12.0. The molecule has 0 bridgehead atoms. The van der Waals surface area contributed by atoms with Gasteiger partial charge < -0.3 is 20.4 Å². The Morgan fingerprint density at radius 1 is 1.03 bits per heavy atom. The van der Waals surface area contributed by atoms with E-state index in [1.165, 1.54) is 5.56 Å². The van der Waals surface area contributed by atoms with Gasteiger partial charge in [0.05, 0.1) is 25.2 Å². The lowest BCUT2D eigenvalue weighted by atomic mass is 10.1. The van der Waals surface area contributed by atoms with E-state index < -0.39 is 0 Å². The van der Waals surface area contributed by atoms with E-state index >= 15 is 0 Å². The smallest absolute Gasteiger partial charge is 0.271 e. The van der Waals surface area contributed by atoms with Crippen molar-refractivity contribution in [2.75, 3.05) is 12.8 Å². The van der Waals surface area contributed by atoms with Gasteiger partial charge in [0.15, 0.2) is 0 Å². The van der Waals surface area contributed by atoms with Gasteiger partial charge in [0.25, 0.3) is 5.91 Å². The molecular formula is C28H29N7O2. The summed E-state index contributed by atoms with van der Waals surface area (Å²) < 4.78 is 9.41. The quantitative estimate of drug-likeness (QED) is 0.338. The van der Waals surface area contributed by atoms with Crippen LogP contribution < -0.4 is 15.8 Å². The number of aryl methyl sites for hydroxylation is 2. The summed E-state index contributed by atoms with van der Waals surface area (Å²) in [6.45, 7) is 5.62. The first-order chi connectivity index (χ1) is 17.9. The molecule has 9 heteroatoms. The molecule has 5 rings (SSSR count). The number of nitrogens with one attached hydrogen (secondary N) is 1. The molecule has 1 amide bonds. The maximum absolute atomic E-state index is 12.9. The number of rotatable bonds is 8. The number of hydrogen-bond donors (Lipinski definition) is 2. The number of methoxy groups -OCH3 is 1. The molecule has 0 aliphatic rings. The average Bonchev–Trinajstić information content (AvgIpc) is 3.47. The van der Waals surface area contributed by atoms with Crippen molar-refractivity contribution in [2.24, 2.45) is 0 Å². The molecule has 5 aromatic rings. The minimum absolute atomic E-state index is 0.236. The predicted octanol–water partition coefficient (Wildman–Crippen LogP) is 3.86. The molecule has 37 heavy (non-hydrogen) atoms. The number of anilines is 1. The highest BCUT2D eigenvalue weighted by Crippen LogP contribution is 2.30. The number of carbonyl (C=O) groups excluding carboxylic acids is 1. The highest BCUT2D eigenvalue weighted by molar-refractivity contribution is 5.97. The van der Waals surface area contributed by atoms with Crippen molar-refractivity contribution in [2.45, 2.75) is 33.5 Å². The van der Waals surface area contributed by atoms with E-state index in [2.05, 4.69) is 44.6 Å². The number of benzene rings is 2. The zero-order chi connectivity index (χ0) is 25.9. The minimum atomic E-state index is -0.236. The fourth-order valence-electron chi connectivity index (χ4n) is 4.37. The molecule has 0 aliphatic carbocycles. The molecule has 0 spiro atoms. The third kappa shape index (κ3) is 5.30. The Labute approximate surface area is 214 Å². The van der Waals surface area contributed by atoms with E-state index in [1.54, 1.807) is 19.5 Å². The van der Waals surface area contributed by atoms with Crippen LogP contribution in [0.25, 0.3) is 10.8 Å². The van der Waals surface area contributed by atoms with Gasteiger partial charge in [-0.05, 0) is 59.7 Å². The molecule has 2 aromatic carbocycles. The average molecular weight is 496 g/mol. The molecule has 3 aromatic heterocycles. The third-order valence-corrected chi connectivity index (χ3v) is 6.28. The summed E-state index contributed by atoms with van der Waals surface area (Å²) in [5.74, 6) is 1.57. The minimum Gasteiger partial charge on any atom is -0.496 e. The van der Waals surface area contributed by atoms with Crippen molar-refractivity contribution >= 4 is 22.5 Å². The Kier molecular flexibility index (Phi) is 6.59. The SMILES string of the molecule is COc1cc(CNC(=O)c2cn(Cc3ccc(Cn4cc(C)cn4)cc3)c(C)n2)cc2ccnc(N)c12. The molecule has 0 fully saturated rings. The van der Waals surface area contributed by atoms with Gasteiger partial charge >= 0.3 is 0 Å². The summed E-state index contributed by atoms with van der Waals surface area (Å²) in [6.07, 6.45) is 7.33. The zero-order valence-electron chi connectivity index (χ0n) is 21.1.